The van der Waals surface area contributed by atoms with Gasteiger partial charge in [-0.05, 0) is 68.3 Å². The highest BCUT2D eigenvalue weighted by molar-refractivity contribution is 7.92. The minimum absolute atomic E-state index is 0.128. The number of nitrogens with one attached hydrogen (secondary N) is 2. The van der Waals surface area contributed by atoms with Crippen LogP contribution in [0.25, 0.3) is 0 Å². The molecule has 0 heterocycles. The largest absolute Gasteiger partial charge is 0.322 e. The van der Waals surface area contributed by atoms with Gasteiger partial charge in [-0.25, -0.2) is 8.42 Å². The van der Waals surface area contributed by atoms with E-state index in [0.717, 1.165) is 16.7 Å². The highest BCUT2D eigenvalue weighted by Gasteiger charge is 2.16. The van der Waals surface area contributed by atoms with E-state index in [9.17, 15) is 13.2 Å². The predicted octanol–water partition coefficient (Wildman–Crippen LogP) is 4.66. The third-order valence-corrected chi connectivity index (χ3v) is 5.79. The molecule has 0 fully saturated rings. The second-order valence-corrected chi connectivity index (χ2v) is 8.40. The Hall–Kier alpha value is -3.12. The zero-order valence-electron chi connectivity index (χ0n) is 16.0. The van der Waals surface area contributed by atoms with Gasteiger partial charge in [0.15, 0.2) is 0 Å². The van der Waals surface area contributed by atoms with Gasteiger partial charge in [-0.1, -0.05) is 35.9 Å². The molecule has 0 aliphatic rings. The van der Waals surface area contributed by atoms with Crippen molar-refractivity contribution in [1.82, 2.24) is 0 Å². The SMILES string of the molecule is Cc1cccc(C(=O)Nc2ccc(S(=O)(=O)Nc3c(C)cccc3C)cc2)c1. The van der Waals surface area contributed by atoms with Crippen LogP contribution in [0.4, 0.5) is 11.4 Å². The van der Waals surface area contributed by atoms with Crippen LogP contribution in [0.2, 0.25) is 0 Å². The normalized spacial score (nSPS) is 11.1. The summed E-state index contributed by atoms with van der Waals surface area (Å²) in [4.78, 5) is 12.5. The third kappa shape index (κ3) is 4.40. The van der Waals surface area contributed by atoms with E-state index < -0.39 is 10.0 Å². The van der Waals surface area contributed by atoms with E-state index in [1.165, 1.54) is 12.1 Å². The average molecular weight is 394 g/mol. The summed E-state index contributed by atoms with van der Waals surface area (Å²) in [7, 11) is -3.72. The monoisotopic (exact) mass is 394 g/mol. The van der Waals surface area contributed by atoms with Crippen molar-refractivity contribution in [2.24, 2.45) is 0 Å². The van der Waals surface area contributed by atoms with Crippen LogP contribution < -0.4 is 10.0 Å². The minimum atomic E-state index is -3.72. The van der Waals surface area contributed by atoms with Crippen molar-refractivity contribution in [1.29, 1.82) is 0 Å². The van der Waals surface area contributed by atoms with E-state index >= 15 is 0 Å². The molecular weight excluding hydrogens is 372 g/mol. The lowest BCUT2D eigenvalue weighted by Crippen LogP contribution is -2.15. The Balaban J connectivity index is 1.77. The molecule has 1 amide bonds. The van der Waals surface area contributed by atoms with Crippen molar-refractivity contribution in [3.05, 3.63) is 89.0 Å². The average Bonchev–Trinajstić information content (AvgIpc) is 2.65. The quantitative estimate of drug-likeness (QED) is 0.661. The molecule has 0 aromatic heterocycles. The molecule has 28 heavy (non-hydrogen) atoms. The Bertz CT molecular complexity index is 1100. The summed E-state index contributed by atoms with van der Waals surface area (Å²) in [6.07, 6.45) is 0. The Kier molecular flexibility index (Phi) is 5.51. The molecule has 0 unspecified atom stereocenters. The van der Waals surface area contributed by atoms with E-state index in [0.29, 0.717) is 16.9 Å². The number of carbonyl (C=O) groups is 1. The molecule has 3 aromatic carbocycles. The first kappa shape index (κ1) is 19.6. The Morgan fingerprint density at radius 3 is 2.04 bits per heavy atom. The highest BCUT2D eigenvalue weighted by Crippen LogP contribution is 2.24. The summed E-state index contributed by atoms with van der Waals surface area (Å²) in [5.41, 5.74) is 4.35. The molecule has 0 radical (unpaired) electrons. The highest BCUT2D eigenvalue weighted by atomic mass is 32.2. The number of carbonyl (C=O) groups excluding carboxylic acids is 1. The molecule has 6 heteroatoms. The fourth-order valence-corrected chi connectivity index (χ4v) is 4.08. The van der Waals surface area contributed by atoms with Gasteiger partial charge in [0, 0.05) is 11.3 Å². The van der Waals surface area contributed by atoms with Crippen LogP contribution >= 0.6 is 0 Å². The van der Waals surface area contributed by atoms with Gasteiger partial charge in [0.05, 0.1) is 10.6 Å². The second-order valence-electron chi connectivity index (χ2n) is 6.72. The first-order chi connectivity index (χ1) is 13.3. The van der Waals surface area contributed by atoms with E-state index in [1.54, 1.807) is 24.3 Å². The Morgan fingerprint density at radius 2 is 1.43 bits per heavy atom. The number of anilines is 2. The molecule has 0 aliphatic heterocycles. The lowest BCUT2D eigenvalue weighted by molar-refractivity contribution is 0.102. The maximum absolute atomic E-state index is 12.7. The van der Waals surface area contributed by atoms with Gasteiger partial charge >= 0.3 is 0 Å². The third-order valence-electron chi connectivity index (χ3n) is 4.42. The number of aryl methyl sites for hydroxylation is 3. The van der Waals surface area contributed by atoms with Gasteiger partial charge in [0.25, 0.3) is 15.9 Å². The maximum Gasteiger partial charge on any atom is 0.261 e. The maximum atomic E-state index is 12.7. The summed E-state index contributed by atoms with van der Waals surface area (Å²) in [6.45, 7) is 5.63. The standard InChI is InChI=1S/C22H22N2O3S/c1-15-6-4-9-18(14-15)22(25)23-19-10-12-20(13-11-19)28(26,27)24-21-16(2)7-5-8-17(21)3/h4-14,24H,1-3H3,(H,23,25). The summed E-state index contributed by atoms with van der Waals surface area (Å²) in [5.74, 6) is -0.243. The number of amides is 1. The molecule has 3 aromatic rings. The van der Waals surface area contributed by atoms with Crippen LogP contribution in [-0.4, -0.2) is 14.3 Å². The molecule has 0 saturated heterocycles. The zero-order valence-corrected chi connectivity index (χ0v) is 16.8. The number of sulfonamides is 1. The topological polar surface area (TPSA) is 75.3 Å². The molecule has 0 saturated carbocycles. The fourth-order valence-electron chi connectivity index (χ4n) is 2.88. The number of rotatable bonds is 5. The van der Waals surface area contributed by atoms with Gasteiger partial charge < -0.3 is 5.32 Å². The molecule has 0 atom stereocenters. The van der Waals surface area contributed by atoms with Crippen molar-refractivity contribution >= 4 is 27.3 Å². The van der Waals surface area contributed by atoms with Gasteiger partial charge in [0.2, 0.25) is 0 Å². The van der Waals surface area contributed by atoms with Crippen molar-refractivity contribution in [2.45, 2.75) is 25.7 Å². The fraction of sp³-hybridized carbons (Fsp3) is 0.136. The molecule has 5 nitrogen and oxygen atoms in total. The smallest absolute Gasteiger partial charge is 0.261 e. The Morgan fingerprint density at radius 1 is 0.821 bits per heavy atom. The summed E-state index contributed by atoms with van der Waals surface area (Å²) in [6, 6.07) is 19.0. The molecule has 2 N–H and O–H groups in total. The van der Waals surface area contributed by atoms with Crippen LogP contribution in [0.15, 0.2) is 71.6 Å². The lowest BCUT2D eigenvalue weighted by Gasteiger charge is -2.13. The van der Waals surface area contributed by atoms with Crippen LogP contribution in [0, 0.1) is 20.8 Å². The zero-order chi connectivity index (χ0) is 20.3. The van der Waals surface area contributed by atoms with Crippen molar-refractivity contribution in [3.8, 4) is 0 Å². The first-order valence-corrected chi connectivity index (χ1v) is 10.3. The second kappa shape index (κ2) is 7.86. The molecular formula is C22H22N2O3S. The van der Waals surface area contributed by atoms with Crippen molar-refractivity contribution in [3.63, 3.8) is 0 Å². The van der Waals surface area contributed by atoms with E-state index in [4.69, 9.17) is 0 Å². The predicted molar refractivity (Wildman–Crippen MR) is 112 cm³/mol. The first-order valence-electron chi connectivity index (χ1n) is 8.83. The number of para-hydroxylation sites is 1. The van der Waals surface area contributed by atoms with Crippen LogP contribution in [0.1, 0.15) is 27.0 Å². The van der Waals surface area contributed by atoms with Gasteiger partial charge in [0.1, 0.15) is 0 Å². The summed E-state index contributed by atoms with van der Waals surface area (Å²) in [5, 5.41) is 2.78. The van der Waals surface area contributed by atoms with E-state index in [2.05, 4.69) is 10.0 Å². The molecule has 0 bridgehead atoms. The summed E-state index contributed by atoms with van der Waals surface area (Å²) < 4.78 is 28.0. The van der Waals surface area contributed by atoms with Crippen LogP contribution in [0.5, 0.6) is 0 Å². The summed E-state index contributed by atoms with van der Waals surface area (Å²) >= 11 is 0. The Labute approximate surface area is 165 Å². The van der Waals surface area contributed by atoms with E-state index in [1.807, 2.05) is 51.1 Å². The minimum Gasteiger partial charge on any atom is -0.322 e. The number of hydrogen-bond acceptors (Lipinski definition) is 3. The van der Waals surface area contributed by atoms with E-state index in [-0.39, 0.29) is 10.8 Å². The number of hydrogen-bond donors (Lipinski definition) is 2. The van der Waals surface area contributed by atoms with Crippen molar-refractivity contribution in [2.75, 3.05) is 10.0 Å². The molecule has 3 rings (SSSR count). The van der Waals surface area contributed by atoms with Crippen LogP contribution in [-0.2, 0) is 10.0 Å². The van der Waals surface area contributed by atoms with Gasteiger partial charge in [-0.2, -0.15) is 0 Å². The molecule has 0 spiro atoms. The lowest BCUT2D eigenvalue weighted by atomic mass is 10.1. The van der Waals surface area contributed by atoms with Gasteiger partial charge in [-0.15, -0.1) is 0 Å². The van der Waals surface area contributed by atoms with Crippen molar-refractivity contribution < 1.29 is 13.2 Å². The molecule has 144 valence electrons. The van der Waals surface area contributed by atoms with Crippen LogP contribution in [0.3, 0.4) is 0 Å². The van der Waals surface area contributed by atoms with Gasteiger partial charge in [-0.3, -0.25) is 9.52 Å². The molecule has 0 aliphatic carbocycles. The number of benzene rings is 3.